The van der Waals surface area contributed by atoms with Crippen molar-refractivity contribution in [1.82, 2.24) is 15.1 Å². The molecule has 0 atom stereocenters. The molecular formula is C13H13BrFN3O. The Bertz CT molecular complexity index is 553. The highest BCUT2D eigenvalue weighted by atomic mass is 79.9. The molecule has 4 nitrogen and oxygen atoms in total. The van der Waals surface area contributed by atoms with E-state index in [1.54, 1.807) is 23.0 Å². The van der Waals surface area contributed by atoms with Gasteiger partial charge in [0, 0.05) is 25.7 Å². The van der Waals surface area contributed by atoms with Crippen molar-refractivity contribution in [3.8, 4) is 0 Å². The van der Waals surface area contributed by atoms with Gasteiger partial charge in [0.1, 0.15) is 5.82 Å². The molecule has 1 N–H and O–H groups in total. The van der Waals surface area contributed by atoms with Gasteiger partial charge >= 0.3 is 0 Å². The van der Waals surface area contributed by atoms with Crippen molar-refractivity contribution >= 4 is 21.8 Å². The van der Waals surface area contributed by atoms with E-state index in [0.717, 1.165) is 10.0 Å². The molecule has 0 saturated carbocycles. The summed E-state index contributed by atoms with van der Waals surface area (Å²) in [6.45, 7) is 0.933. The van der Waals surface area contributed by atoms with Crippen LogP contribution in [0.15, 0.2) is 41.1 Å². The van der Waals surface area contributed by atoms with Crippen molar-refractivity contribution in [1.29, 1.82) is 0 Å². The summed E-state index contributed by atoms with van der Waals surface area (Å²) in [7, 11) is 0. The van der Waals surface area contributed by atoms with E-state index in [-0.39, 0.29) is 11.7 Å². The molecule has 1 amide bonds. The number of nitrogens with one attached hydrogen (secondary N) is 1. The highest BCUT2D eigenvalue weighted by Gasteiger charge is 2.03. The fourth-order valence-corrected chi connectivity index (χ4v) is 1.90. The predicted octanol–water partition coefficient (Wildman–Crippen LogP) is 2.49. The van der Waals surface area contributed by atoms with Gasteiger partial charge in [-0.1, -0.05) is 12.1 Å². The van der Waals surface area contributed by atoms with Crippen LogP contribution in [0.4, 0.5) is 4.39 Å². The topological polar surface area (TPSA) is 46.9 Å². The van der Waals surface area contributed by atoms with Crippen molar-refractivity contribution in [2.24, 2.45) is 0 Å². The van der Waals surface area contributed by atoms with E-state index in [9.17, 15) is 9.18 Å². The highest BCUT2D eigenvalue weighted by Crippen LogP contribution is 2.06. The Balaban J connectivity index is 1.74. The van der Waals surface area contributed by atoms with E-state index in [1.807, 2.05) is 6.20 Å². The number of amides is 1. The monoisotopic (exact) mass is 325 g/mol. The van der Waals surface area contributed by atoms with Gasteiger partial charge in [0.15, 0.2) is 0 Å². The number of rotatable bonds is 5. The largest absolute Gasteiger partial charge is 0.352 e. The van der Waals surface area contributed by atoms with E-state index in [4.69, 9.17) is 0 Å². The Morgan fingerprint density at radius 1 is 1.37 bits per heavy atom. The Morgan fingerprint density at radius 3 is 2.74 bits per heavy atom. The third kappa shape index (κ3) is 4.48. The first-order valence-corrected chi connectivity index (χ1v) is 6.62. The molecule has 0 aliphatic rings. The third-order valence-corrected chi connectivity index (χ3v) is 2.98. The second kappa shape index (κ2) is 6.47. The molecule has 19 heavy (non-hydrogen) atoms. The average Bonchev–Trinajstić information content (AvgIpc) is 2.81. The summed E-state index contributed by atoms with van der Waals surface area (Å²) in [4.78, 5) is 11.6. The second-order valence-corrected chi connectivity index (χ2v) is 4.99. The van der Waals surface area contributed by atoms with Gasteiger partial charge in [-0.05, 0) is 33.6 Å². The molecule has 1 aromatic carbocycles. The molecule has 1 aromatic heterocycles. The van der Waals surface area contributed by atoms with Gasteiger partial charge in [-0.3, -0.25) is 9.48 Å². The summed E-state index contributed by atoms with van der Waals surface area (Å²) in [5.41, 5.74) is 0.872. The lowest BCUT2D eigenvalue weighted by molar-refractivity contribution is -0.121. The molecule has 2 rings (SSSR count). The quantitative estimate of drug-likeness (QED) is 0.918. The number of halogens is 2. The molecule has 0 aliphatic heterocycles. The van der Waals surface area contributed by atoms with Gasteiger partial charge < -0.3 is 5.32 Å². The maximum absolute atomic E-state index is 12.7. The maximum Gasteiger partial charge on any atom is 0.222 e. The Kier molecular flexibility index (Phi) is 4.68. The molecule has 0 aliphatic carbocycles. The molecule has 6 heteroatoms. The summed E-state index contributed by atoms with van der Waals surface area (Å²) in [6, 6.07) is 6.06. The minimum absolute atomic E-state index is 0.0593. The molecule has 0 radical (unpaired) electrons. The smallest absolute Gasteiger partial charge is 0.222 e. The summed E-state index contributed by atoms with van der Waals surface area (Å²) >= 11 is 3.29. The zero-order chi connectivity index (χ0) is 13.7. The summed E-state index contributed by atoms with van der Waals surface area (Å²) in [5, 5.41) is 6.85. The summed E-state index contributed by atoms with van der Waals surface area (Å²) < 4.78 is 15.3. The van der Waals surface area contributed by atoms with Gasteiger partial charge in [0.2, 0.25) is 5.91 Å². The fraction of sp³-hybridized carbons (Fsp3) is 0.231. The maximum atomic E-state index is 12.7. The Labute approximate surface area is 118 Å². The molecule has 1 heterocycles. The number of aryl methyl sites for hydroxylation is 1. The zero-order valence-electron chi connectivity index (χ0n) is 10.1. The minimum atomic E-state index is -0.278. The third-order valence-electron chi connectivity index (χ3n) is 2.57. The van der Waals surface area contributed by atoms with Gasteiger partial charge in [0.25, 0.3) is 0 Å². The molecule has 0 bridgehead atoms. The number of benzene rings is 1. The number of nitrogens with zero attached hydrogens (tertiary/aromatic N) is 2. The average molecular weight is 326 g/mol. The molecule has 2 aromatic rings. The van der Waals surface area contributed by atoms with E-state index in [2.05, 4.69) is 26.3 Å². The van der Waals surface area contributed by atoms with Crippen LogP contribution in [-0.2, 0) is 17.9 Å². The van der Waals surface area contributed by atoms with Gasteiger partial charge in [0.05, 0.1) is 10.7 Å². The number of carbonyl (C=O) groups excluding carboxylic acids is 1. The summed E-state index contributed by atoms with van der Waals surface area (Å²) in [6.07, 6.45) is 3.85. The number of aromatic nitrogens is 2. The first-order valence-electron chi connectivity index (χ1n) is 5.82. The van der Waals surface area contributed by atoms with E-state index >= 15 is 0 Å². The van der Waals surface area contributed by atoms with Crippen LogP contribution < -0.4 is 5.32 Å². The van der Waals surface area contributed by atoms with Crippen molar-refractivity contribution < 1.29 is 9.18 Å². The molecule has 0 spiro atoms. The van der Waals surface area contributed by atoms with E-state index < -0.39 is 0 Å². The van der Waals surface area contributed by atoms with Crippen LogP contribution in [0, 0.1) is 5.82 Å². The summed E-state index contributed by atoms with van der Waals surface area (Å²) in [5.74, 6) is -0.338. The first kappa shape index (κ1) is 13.7. The van der Waals surface area contributed by atoms with Gasteiger partial charge in [-0.25, -0.2) is 4.39 Å². The Hall–Kier alpha value is -1.69. The first-order chi connectivity index (χ1) is 9.13. The van der Waals surface area contributed by atoms with Crippen LogP contribution in [0.5, 0.6) is 0 Å². The van der Waals surface area contributed by atoms with Crippen LogP contribution in [-0.4, -0.2) is 15.7 Å². The Morgan fingerprint density at radius 2 is 2.11 bits per heavy atom. The van der Waals surface area contributed by atoms with Crippen LogP contribution in [0.1, 0.15) is 12.0 Å². The number of hydrogen-bond donors (Lipinski definition) is 1. The lowest BCUT2D eigenvalue weighted by Crippen LogP contribution is -2.24. The molecule has 0 fully saturated rings. The van der Waals surface area contributed by atoms with Crippen molar-refractivity contribution in [3.05, 3.63) is 52.5 Å². The minimum Gasteiger partial charge on any atom is -0.352 e. The van der Waals surface area contributed by atoms with Gasteiger partial charge in [-0.2, -0.15) is 5.10 Å². The van der Waals surface area contributed by atoms with E-state index in [1.165, 1.54) is 12.1 Å². The number of hydrogen-bond acceptors (Lipinski definition) is 2. The lowest BCUT2D eigenvalue weighted by atomic mass is 10.2. The van der Waals surface area contributed by atoms with Crippen molar-refractivity contribution in [2.45, 2.75) is 19.5 Å². The second-order valence-electron chi connectivity index (χ2n) is 4.07. The van der Waals surface area contributed by atoms with Crippen molar-refractivity contribution in [3.63, 3.8) is 0 Å². The van der Waals surface area contributed by atoms with Crippen molar-refractivity contribution in [2.75, 3.05) is 0 Å². The molecular weight excluding hydrogens is 313 g/mol. The molecule has 100 valence electrons. The van der Waals surface area contributed by atoms with Crippen LogP contribution in [0.25, 0.3) is 0 Å². The highest BCUT2D eigenvalue weighted by molar-refractivity contribution is 9.10. The standard InChI is InChI=1S/C13H13BrFN3O/c14-11-8-17-18(9-11)6-5-13(19)16-7-10-1-3-12(15)4-2-10/h1-4,8-9H,5-7H2,(H,16,19). The van der Waals surface area contributed by atoms with E-state index in [0.29, 0.717) is 19.5 Å². The molecule has 0 unspecified atom stereocenters. The lowest BCUT2D eigenvalue weighted by Gasteiger charge is -2.05. The fourth-order valence-electron chi connectivity index (χ4n) is 1.57. The SMILES string of the molecule is O=C(CCn1cc(Br)cn1)NCc1ccc(F)cc1. The van der Waals surface area contributed by atoms with Gasteiger partial charge in [-0.15, -0.1) is 0 Å². The van der Waals surface area contributed by atoms with Crippen LogP contribution in [0.3, 0.4) is 0 Å². The molecule has 0 saturated heterocycles. The van der Waals surface area contributed by atoms with Crippen LogP contribution >= 0.6 is 15.9 Å². The zero-order valence-corrected chi connectivity index (χ0v) is 11.7. The van der Waals surface area contributed by atoms with Crippen LogP contribution in [0.2, 0.25) is 0 Å². The number of carbonyl (C=O) groups is 1. The predicted molar refractivity (Wildman–Crippen MR) is 72.8 cm³/mol. The normalized spacial score (nSPS) is 10.4.